The predicted octanol–water partition coefficient (Wildman–Crippen LogP) is 0.999. The molecule has 0 spiro atoms. The molecule has 1 aromatic rings. The number of aliphatic hydroxyl groups excluding tert-OH is 1. The Bertz CT molecular complexity index is 660. The van der Waals surface area contributed by atoms with Crippen LogP contribution in [-0.2, 0) is 4.79 Å². The molecule has 2 heterocycles. The lowest BCUT2D eigenvalue weighted by molar-refractivity contribution is -0.127. The van der Waals surface area contributed by atoms with Crippen molar-refractivity contribution in [2.75, 3.05) is 6.54 Å². The first-order chi connectivity index (χ1) is 10.9. The smallest absolute Gasteiger partial charge is 0.237 e. The van der Waals surface area contributed by atoms with Crippen LogP contribution in [0.3, 0.4) is 0 Å². The van der Waals surface area contributed by atoms with E-state index in [-0.39, 0.29) is 11.9 Å². The topological polar surface area (TPSA) is 94.4 Å². The Morgan fingerprint density at radius 1 is 1.52 bits per heavy atom. The van der Waals surface area contributed by atoms with Crippen molar-refractivity contribution in [3.63, 3.8) is 0 Å². The van der Waals surface area contributed by atoms with E-state index in [2.05, 4.69) is 16.7 Å². The standard InChI is InChI=1S/C17H21N3O3/c1-17(2)15(21)14(20-16(22)12-4-3-7-19-12)11-8-10(9-18)5-6-13(11)23-17/h5-6,8,12,14-15,19,21H,3-4,7H2,1-2H3,(H,20,22)/t12-,14-,15+/m0/s1. The predicted molar refractivity (Wildman–Crippen MR) is 83.8 cm³/mol. The maximum atomic E-state index is 12.4. The molecule has 0 unspecified atom stereocenters. The highest BCUT2D eigenvalue weighted by Gasteiger charge is 2.44. The number of carbonyl (C=O) groups excluding carboxylic acids is 1. The molecule has 3 N–H and O–H groups in total. The highest BCUT2D eigenvalue weighted by molar-refractivity contribution is 5.82. The quantitative estimate of drug-likeness (QED) is 0.757. The van der Waals surface area contributed by atoms with Crippen molar-refractivity contribution in [2.45, 2.75) is 50.5 Å². The third kappa shape index (κ3) is 2.90. The molecule has 2 aliphatic heterocycles. The molecule has 3 rings (SSSR count). The van der Waals surface area contributed by atoms with Gasteiger partial charge in [-0.2, -0.15) is 5.26 Å². The van der Waals surface area contributed by atoms with Gasteiger partial charge in [-0.1, -0.05) is 0 Å². The van der Waals surface area contributed by atoms with Crippen molar-refractivity contribution in [3.8, 4) is 11.8 Å². The van der Waals surface area contributed by atoms with Crippen LogP contribution in [0, 0.1) is 11.3 Å². The Hall–Kier alpha value is -2.10. The van der Waals surface area contributed by atoms with Crippen LogP contribution in [0.5, 0.6) is 5.75 Å². The fourth-order valence-corrected chi connectivity index (χ4v) is 3.19. The monoisotopic (exact) mass is 315 g/mol. The Balaban J connectivity index is 1.93. The summed E-state index contributed by atoms with van der Waals surface area (Å²) in [5.74, 6) is 0.460. The lowest BCUT2D eigenvalue weighted by atomic mass is 9.85. The van der Waals surface area contributed by atoms with Crippen LogP contribution in [0.15, 0.2) is 18.2 Å². The number of benzene rings is 1. The Kier molecular flexibility index (Phi) is 4.00. The lowest BCUT2D eigenvalue weighted by Gasteiger charge is -2.42. The molecular weight excluding hydrogens is 294 g/mol. The third-order valence-corrected chi connectivity index (χ3v) is 4.55. The van der Waals surface area contributed by atoms with Gasteiger partial charge in [0.15, 0.2) is 0 Å². The van der Waals surface area contributed by atoms with Crippen LogP contribution in [0.2, 0.25) is 0 Å². The number of amides is 1. The average Bonchev–Trinajstić information content (AvgIpc) is 3.05. The Morgan fingerprint density at radius 2 is 2.30 bits per heavy atom. The van der Waals surface area contributed by atoms with Crippen molar-refractivity contribution in [3.05, 3.63) is 29.3 Å². The molecule has 1 amide bonds. The maximum absolute atomic E-state index is 12.4. The third-order valence-electron chi connectivity index (χ3n) is 4.55. The summed E-state index contributed by atoms with van der Waals surface area (Å²) in [5, 5.41) is 25.8. The van der Waals surface area contributed by atoms with E-state index in [1.807, 2.05) is 0 Å². The highest BCUT2D eigenvalue weighted by Crippen LogP contribution is 2.40. The summed E-state index contributed by atoms with van der Waals surface area (Å²) in [6, 6.07) is 6.31. The average molecular weight is 315 g/mol. The second kappa shape index (κ2) is 5.84. The summed E-state index contributed by atoms with van der Waals surface area (Å²) in [5.41, 5.74) is 0.280. The van der Waals surface area contributed by atoms with Crippen LogP contribution in [-0.4, -0.2) is 35.3 Å². The number of fused-ring (bicyclic) bond motifs is 1. The number of nitrogens with one attached hydrogen (secondary N) is 2. The van der Waals surface area contributed by atoms with Crippen LogP contribution in [0.4, 0.5) is 0 Å². The van der Waals surface area contributed by atoms with Crippen LogP contribution in [0.1, 0.15) is 43.9 Å². The van der Waals surface area contributed by atoms with E-state index in [1.165, 1.54) is 0 Å². The molecule has 0 radical (unpaired) electrons. The minimum atomic E-state index is -0.908. The minimum absolute atomic E-state index is 0.127. The molecule has 0 aliphatic carbocycles. The first-order valence-corrected chi connectivity index (χ1v) is 7.87. The fraction of sp³-hybridized carbons (Fsp3) is 0.529. The number of rotatable bonds is 2. The summed E-state index contributed by atoms with van der Waals surface area (Å²) in [6.07, 6.45) is 0.851. The van der Waals surface area contributed by atoms with Gasteiger partial charge in [-0.05, 0) is 51.4 Å². The van der Waals surface area contributed by atoms with Crippen molar-refractivity contribution in [1.29, 1.82) is 5.26 Å². The van der Waals surface area contributed by atoms with Gasteiger partial charge in [0.25, 0.3) is 0 Å². The first kappa shape index (κ1) is 15.8. The van der Waals surface area contributed by atoms with E-state index in [0.29, 0.717) is 16.9 Å². The van der Waals surface area contributed by atoms with E-state index in [9.17, 15) is 9.90 Å². The lowest BCUT2D eigenvalue weighted by Crippen LogP contribution is -2.55. The van der Waals surface area contributed by atoms with Gasteiger partial charge in [0.05, 0.1) is 23.7 Å². The van der Waals surface area contributed by atoms with Crippen molar-refractivity contribution in [2.24, 2.45) is 0 Å². The second-order valence-corrected chi connectivity index (χ2v) is 6.65. The minimum Gasteiger partial charge on any atom is -0.485 e. The molecule has 1 fully saturated rings. The molecule has 0 bridgehead atoms. The molecule has 6 nitrogen and oxygen atoms in total. The molecule has 6 heteroatoms. The molecule has 2 aliphatic rings. The first-order valence-electron chi connectivity index (χ1n) is 7.87. The zero-order valence-electron chi connectivity index (χ0n) is 13.3. The number of hydrogen-bond donors (Lipinski definition) is 3. The van der Waals surface area contributed by atoms with Crippen LogP contribution >= 0.6 is 0 Å². The van der Waals surface area contributed by atoms with Crippen LogP contribution < -0.4 is 15.4 Å². The molecular formula is C17H21N3O3. The maximum Gasteiger partial charge on any atom is 0.237 e. The molecule has 1 aromatic carbocycles. The second-order valence-electron chi connectivity index (χ2n) is 6.65. The zero-order valence-corrected chi connectivity index (χ0v) is 13.3. The molecule has 122 valence electrons. The van der Waals surface area contributed by atoms with Crippen molar-refractivity contribution >= 4 is 5.91 Å². The zero-order chi connectivity index (χ0) is 16.6. The summed E-state index contributed by atoms with van der Waals surface area (Å²) < 4.78 is 5.84. The fourth-order valence-electron chi connectivity index (χ4n) is 3.19. The molecule has 23 heavy (non-hydrogen) atoms. The van der Waals surface area contributed by atoms with Crippen LogP contribution in [0.25, 0.3) is 0 Å². The van der Waals surface area contributed by atoms with Crippen molar-refractivity contribution in [1.82, 2.24) is 10.6 Å². The number of nitrogens with zero attached hydrogens (tertiary/aromatic N) is 1. The summed E-state index contributed by atoms with van der Waals surface area (Å²) >= 11 is 0. The summed E-state index contributed by atoms with van der Waals surface area (Å²) in [6.45, 7) is 4.40. The van der Waals surface area contributed by atoms with Gasteiger partial charge in [0, 0.05) is 5.56 Å². The van der Waals surface area contributed by atoms with E-state index < -0.39 is 17.7 Å². The van der Waals surface area contributed by atoms with E-state index in [1.54, 1.807) is 32.0 Å². The largest absolute Gasteiger partial charge is 0.485 e. The van der Waals surface area contributed by atoms with Crippen molar-refractivity contribution < 1.29 is 14.6 Å². The molecule has 0 aromatic heterocycles. The highest BCUT2D eigenvalue weighted by atomic mass is 16.5. The molecule has 3 atom stereocenters. The van der Waals surface area contributed by atoms with Gasteiger partial charge in [-0.25, -0.2) is 0 Å². The van der Waals surface area contributed by atoms with Gasteiger partial charge >= 0.3 is 0 Å². The van der Waals surface area contributed by atoms with E-state index in [4.69, 9.17) is 10.00 Å². The number of aliphatic hydroxyl groups is 1. The SMILES string of the molecule is CC1(C)Oc2ccc(C#N)cc2[C@H](NC(=O)[C@@H]2CCCN2)[C@H]1O. The van der Waals surface area contributed by atoms with E-state index in [0.717, 1.165) is 19.4 Å². The van der Waals surface area contributed by atoms with Gasteiger partial charge < -0.3 is 20.5 Å². The molecule has 1 saturated heterocycles. The number of nitriles is 1. The summed E-state index contributed by atoms with van der Waals surface area (Å²) in [4.78, 5) is 12.4. The van der Waals surface area contributed by atoms with Gasteiger partial charge in [0.1, 0.15) is 17.5 Å². The van der Waals surface area contributed by atoms with Gasteiger partial charge in [0.2, 0.25) is 5.91 Å². The Labute approximate surface area is 135 Å². The van der Waals surface area contributed by atoms with E-state index >= 15 is 0 Å². The number of hydrogen-bond acceptors (Lipinski definition) is 5. The Morgan fingerprint density at radius 3 is 2.96 bits per heavy atom. The number of ether oxygens (including phenoxy) is 1. The normalized spacial score (nSPS) is 28.3. The van der Waals surface area contributed by atoms with Gasteiger partial charge in [-0.3, -0.25) is 4.79 Å². The summed E-state index contributed by atoms with van der Waals surface area (Å²) in [7, 11) is 0. The number of carbonyl (C=O) groups is 1. The van der Waals surface area contributed by atoms with Gasteiger partial charge in [-0.15, -0.1) is 0 Å². The molecule has 0 saturated carbocycles.